The quantitative estimate of drug-likeness (QED) is 0.866. The van der Waals surface area contributed by atoms with E-state index in [-0.39, 0.29) is 22.2 Å². The molecule has 1 heterocycles. The third-order valence-electron chi connectivity index (χ3n) is 3.35. The van der Waals surface area contributed by atoms with E-state index < -0.39 is 17.6 Å². The Labute approximate surface area is 129 Å². The fraction of sp³-hybridized carbons (Fsp3) is 0.500. The van der Waals surface area contributed by atoms with Gasteiger partial charge in [-0.1, -0.05) is 15.9 Å². The van der Waals surface area contributed by atoms with Gasteiger partial charge >= 0.3 is 6.18 Å². The van der Waals surface area contributed by atoms with E-state index in [1.54, 1.807) is 0 Å². The van der Waals surface area contributed by atoms with Crippen LogP contribution < -0.4 is 5.32 Å². The van der Waals surface area contributed by atoms with Crippen molar-refractivity contribution in [2.45, 2.75) is 38.1 Å². The van der Waals surface area contributed by atoms with Gasteiger partial charge in [0.25, 0.3) is 5.91 Å². The van der Waals surface area contributed by atoms with Gasteiger partial charge in [0.2, 0.25) is 0 Å². The van der Waals surface area contributed by atoms with Crippen LogP contribution in [-0.4, -0.2) is 24.7 Å². The van der Waals surface area contributed by atoms with Crippen molar-refractivity contribution in [3.05, 3.63) is 33.8 Å². The molecule has 1 aromatic carbocycles. The number of hydrogen-bond acceptors (Lipinski definition) is 2. The van der Waals surface area contributed by atoms with Gasteiger partial charge in [-0.25, -0.2) is 0 Å². The Balaban J connectivity index is 2.12. The van der Waals surface area contributed by atoms with Crippen molar-refractivity contribution in [2.24, 2.45) is 0 Å². The topological polar surface area (TPSA) is 38.3 Å². The van der Waals surface area contributed by atoms with Crippen LogP contribution in [0.1, 0.15) is 35.7 Å². The van der Waals surface area contributed by atoms with Crippen LogP contribution in [-0.2, 0) is 10.9 Å². The normalized spacial score (nSPS) is 22.9. The smallest absolute Gasteiger partial charge is 0.378 e. The van der Waals surface area contributed by atoms with Crippen molar-refractivity contribution in [3.8, 4) is 0 Å². The molecule has 1 fully saturated rings. The molecule has 0 bridgehead atoms. The zero-order valence-electron chi connectivity index (χ0n) is 11.3. The van der Waals surface area contributed by atoms with Gasteiger partial charge in [-0.05, 0) is 38.0 Å². The number of carbonyl (C=O) groups excluding carboxylic acids is 1. The lowest BCUT2D eigenvalue weighted by Gasteiger charge is -2.28. The monoisotopic (exact) mass is 365 g/mol. The molecular weight excluding hydrogens is 351 g/mol. The maximum Gasteiger partial charge on any atom is 0.417 e. The van der Waals surface area contributed by atoms with E-state index in [9.17, 15) is 18.0 Å². The van der Waals surface area contributed by atoms with E-state index >= 15 is 0 Å². The van der Waals surface area contributed by atoms with Gasteiger partial charge < -0.3 is 10.1 Å². The van der Waals surface area contributed by atoms with Gasteiger partial charge in [-0.2, -0.15) is 13.2 Å². The summed E-state index contributed by atoms with van der Waals surface area (Å²) in [7, 11) is 0. The molecular formula is C14H15BrF3NO2. The van der Waals surface area contributed by atoms with E-state index in [0.29, 0.717) is 19.4 Å². The van der Waals surface area contributed by atoms with Crippen LogP contribution in [0.25, 0.3) is 0 Å². The molecule has 116 valence electrons. The maximum absolute atomic E-state index is 12.8. The predicted molar refractivity (Wildman–Crippen MR) is 75.0 cm³/mol. The van der Waals surface area contributed by atoms with E-state index in [1.165, 1.54) is 12.1 Å². The molecule has 7 heteroatoms. The number of rotatable bonds is 2. The third kappa shape index (κ3) is 4.20. The van der Waals surface area contributed by atoms with E-state index in [0.717, 1.165) is 6.07 Å². The molecule has 1 amide bonds. The molecule has 0 radical (unpaired) electrons. The maximum atomic E-state index is 12.8. The molecule has 2 rings (SSSR count). The van der Waals surface area contributed by atoms with Crippen LogP contribution in [0.3, 0.4) is 0 Å². The van der Waals surface area contributed by atoms with Gasteiger partial charge in [-0.3, -0.25) is 4.79 Å². The summed E-state index contributed by atoms with van der Waals surface area (Å²) >= 11 is 2.85. The second-order valence-corrected chi connectivity index (χ2v) is 5.92. The van der Waals surface area contributed by atoms with Crippen LogP contribution in [0.15, 0.2) is 22.7 Å². The summed E-state index contributed by atoms with van der Waals surface area (Å²) in [5, 5.41) is 2.76. The van der Waals surface area contributed by atoms with Gasteiger partial charge in [0, 0.05) is 22.7 Å². The van der Waals surface area contributed by atoms with E-state index in [2.05, 4.69) is 21.2 Å². The molecule has 0 spiro atoms. The Kier molecular flexibility index (Phi) is 4.93. The second kappa shape index (κ2) is 6.36. The standard InChI is InChI=1S/C14H15BrF3NO2/c1-8-6-10(4-5-21-8)19-13(20)9-2-3-12(15)11(7-9)14(16,17)18/h2-3,7-8,10H,4-6H2,1H3,(H,19,20). The minimum Gasteiger partial charge on any atom is -0.378 e. The highest BCUT2D eigenvalue weighted by atomic mass is 79.9. The van der Waals surface area contributed by atoms with Gasteiger partial charge in [0.1, 0.15) is 0 Å². The molecule has 1 aromatic rings. The van der Waals surface area contributed by atoms with Gasteiger partial charge in [0.05, 0.1) is 11.7 Å². The number of nitrogens with one attached hydrogen (secondary N) is 1. The molecule has 21 heavy (non-hydrogen) atoms. The Bertz CT molecular complexity index is 533. The van der Waals surface area contributed by atoms with Crippen LogP contribution in [0, 0.1) is 0 Å². The van der Waals surface area contributed by atoms with E-state index in [4.69, 9.17) is 4.74 Å². The molecule has 2 unspecified atom stereocenters. The largest absolute Gasteiger partial charge is 0.417 e. The number of ether oxygens (including phenoxy) is 1. The summed E-state index contributed by atoms with van der Waals surface area (Å²) in [4.78, 5) is 12.1. The summed E-state index contributed by atoms with van der Waals surface area (Å²) in [6, 6.07) is 3.41. The van der Waals surface area contributed by atoms with Crippen molar-refractivity contribution in [3.63, 3.8) is 0 Å². The number of hydrogen-bond donors (Lipinski definition) is 1. The summed E-state index contributed by atoms with van der Waals surface area (Å²) < 4.78 is 43.8. The highest BCUT2D eigenvalue weighted by molar-refractivity contribution is 9.10. The van der Waals surface area contributed by atoms with Crippen LogP contribution in [0.5, 0.6) is 0 Å². The van der Waals surface area contributed by atoms with Crippen molar-refractivity contribution in [1.29, 1.82) is 0 Å². The lowest BCUT2D eigenvalue weighted by Crippen LogP contribution is -2.41. The highest BCUT2D eigenvalue weighted by Gasteiger charge is 2.33. The summed E-state index contributed by atoms with van der Waals surface area (Å²) in [5.41, 5.74) is -0.847. The molecule has 2 atom stereocenters. The molecule has 0 aliphatic carbocycles. The zero-order valence-corrected chi connectivity index (χ0v) is 12.9. The minimum atomic E-state index is -4.50. The first kappa shape index (κ1) is 16.3. The molecule has 1 saturated heterocycles. The molecule has 1 aliphatic rings. The van der Waals surface area contributed by atoms with Crippen molar-refractivity contribution in [1.82, 2.24) is 5.32 Å². The van der Waals surface area contributed by atoms with Crippen molar-refractivity contribution < 1.29 is 22.7 Å². The SMILES string of the molecule is CC1CC(NC(=O)c2ccc(Br)c(C(F)(F)F)c2)CCO1. The molecule has 0 saturated carbocycles. The van der Waals surface area contributed by atoms with Gasteiger partial charge in [0.15, 0.2) is 0 Å². The minimum absolute atomic E-state index is 0.00432. The van der Waals surface area contributed by atoms with Crippen LogP contribution in [0.4, 0.5) is 13.2 Å². The molecule has 1 N–H and O–H groups in total. The molecule has 3 nitrogen and oxygen atoms in total. The highest BCUT2D eigenvalue weighted by Crippen LogP contribution is 2.35. The lowest BCUT2D eigenvalue weighted by molar-refractivity contribution is -0.138. The molecule has 0 aromatic heterocycles. The first-order chi connectivity index (χ1) is 9.77. The fourth-order valence-electron chi connectivity index (χ4n) is 2.28. The first-order valence-electron chi connectivity index (χ1n) is 6.56. The number of amides is 1. The average molecular weight is 366 g/mol. The van der Waals surface area contributed by atoms with Gasteiger partial charge in [-0.15, -0.1) is 0 Å². The Morgan fingerprint density at radius 2 is 2.14 bits per heavy atom. The predicted octanol–water partition coefficient (Wildman–Crippen LogP) is 3.77. The number of alkyl halides is 3. The number of benzene rings is 1. The second-order valence-electron chi connectivity index (χ2n) is 5.07. The first-order valence-corrected chi connectivity index (χ1v) is 7.36. The Morgan fingerprint density at radius 3 is 2.76 bits per heavy atom. The molecule has 1 aliphatic heterocycles. The van der Waals surface area contributed by atoms with Crippen LogP contribution >= 0.6 is 15.9 Å². The van der Waals surface area contributed by atoms with Crippen LogP contribution in [0.2, 0.25) is 0 Å². The zero-order chi connectivity index (χ0) is 15.6. The number of halogens is 4. The van der Waals surface area contributed by atoms with E-state index in [1.807, 2.05) is 6.92 Å². The Morgan fingerprint density at radius 1 is 1.43 bits per heavy atom. The lowest BCUT2D eigenvalue weighted by atomic mass is 10.0. The summed E-state index contributed by atoms with van der Waals surface area (Å²) in [5.74, 6) is -0.493. The summed E-state index contributed by atoms with van der Waals surface area (Å²) in [6.07, 6.45) is -3.13. The fourth-order valence-corrected chi connectivity index (χ4v) is 2.75. The number of carbonyl (C=O) groups is 1. The third-order valence-corrected chi connectivity index (χ3v) is 4.05. The summed E-state index contributed by atoms with van der Waals surface area (Å²) in [6.45, 7) is 2.44. The van der Waals surface area contributed by atoms with Crippen molar-refractivity contribution in [2.75, 3.05) is 6.61 Å². The average Bonchev–Trinajstić information content (AvgIpc) is 2.37. The van der Waals surface area contributed by atoms with Crippen molar-refractivity contribution >= 4 is 21.8 Å². The Hall–Kier alpha value is -1.08.